The molecule has 10 heteroatoms. The highest BCUT2D eigenvalue weighted by molar-refractivity contribution is 7.90. The fraction of sp³-hybridized carbons (Fsp3) is 0.559. The van der Waals surface area contributed by atoms with E-state index in [0.29, 0.717) is 30.6 Å². The molecule has 2 aromatic carbocycles. The molecule has 0 radical (unpaired) electrons. The Bertz CT molecular complexity index is 1530. The molecule has 1 amide bonds. The zero-order chi connectivity index (χ0) is 31.1. The Labute approximate surface area is 266 Å². The number of ether oxygens (including phenoxy) is 3. The average molecular weight is 643 g/mol. The van der Waals surface area contributed by atoms with Crippen LogP contribution in [0.4, 0.5) is 5.69 Å². The van der Waals surface area contributed by atoms with E-state index in [1.54, 1.807) is 19.2 Å². The lowest BCUT2D eigenvalue weighted by Crippen LogP contribution is -2.49. The number of carbonyl (C=O) groups excluding carboxylic acids is 1. The normalized spacial score (nSPS) is 32.3. The van der Waals surface area contributed by atoms with Crippen LogP contribution in [0.1, 0.15) is 60.5 Å². The summed E-state index contributed by atoms with van der Waals surface area (Å²) in [5.41, 5.74) is 3.40. The van der Waals surface area contributed by atoms with Gasteiger partial charge in [-0.25, -0.2) is 13.1 Å². The Hall–Kier alpha value is -2.59. The molecule has 44 heavy (non-hydrogen) atoms. The average Bonchev–Trinajstić information content (AvgIpc) is 3.13. The lowest BCUT2D eigenvalue weighted by molar-refractivity contribution is 0.0130. The number of amides is 1. The molecule has 1 spiro atoms. The molecule has 1 fully saturated rings. The van der Waals surface area contributed by atoms with Crippen molar-refractivity contribution in [1.29, 1.82) is 0 Å². The van der Waals surface area contributed by atoms with Crippen molar-refractivity contribution in [1.82, 2.24) is 4.72 Å². The summed E-state index contributed by atoms with van der Waals surface area (Å²) in [6, 6.07) is 11.5. The number of nitrogens with zero attached hydrogens (tertiary/aromatic N) is 1. The maximum Gasteiger partial charge on any atom is 0.264 e. The summed E-state index contributed by atoms with van der Waals surface area (Å²) < 4.78 is 47.1. The number of hydrogen-bond acceptors (Lipinski definition) is 7. The number of rotatable bonds is 3. The highest BCUT2D eigenvalue weighted by atomic mass is 35.5. The molecule has 8 nitrogen and oxygen atoms in total. The van der Waals surface area contributed by atoms with Crippen LogP contribution >= 0.6 is 11.6 Å². The van der Waals surface area contributed by atoms with Gasteiger partial charge in [0.1, 0.15) is 11.0 Å². The predicted octanol–water partition coefficient (Wildman–Crippen LogP) is 5.52. The summed E-state index contributed by atoms with van der Waals surface area (Å²) in [5, 5.41) is -0.144. The fourth-order valence-corrected chi connectivity index (χ4v) is 9.33. The molecule has 2 aliphatic heterocycles. The number of halogens is 1. The maximum absolute atomic E-state index is 13.5. The third-order valence-corrected chi connectivity index (χ3v) is 12.1. The van der Waals surface area contributed by atoms with Gasteiger partial charge < -0.3 is 19.1 Å². The molecule has 6 rings (SSSR count). The van der Waals surface area contributed by atoms with Crippen molar-refractivity contribution in [3.63, 3.8) is 0 Å². The van der Waals surface area contributed by atoms with Crippen LogP contribution in [-0.4, -0.2) is 66.2 Å². The maximum atomic E-state index is 13.5. The van der Waals surface area contributed by atoms with E-state index in [0.717, 1.165) is 55.9 Å². The second kappa shape index (κ2) is 12.7. The summed E-state index contributed by atoms with van der Waals surface area (Å²) >= 11 is 6.41. The van der Waals surface area contributed by atoms with Gasteiger partial charge in [0.2, 0.25) is 10.0 Å². The van der Waals surface area contributed by atoms with Gasteiger partial charge in [-0.2, -0.15) is 0 Å². The van der Waals surface area contributed by atoms with Gasteiger partial charge in [-0.05, 0) is 97.7 Å². The van der Waals surface area contributed by atoms with Gasteiger partial charge in [-0.15, -0.1) is 0 Å². The number of benzene rings is 2. The van der Waals surface area contributed by atoms with Gasteiger partial charge in [-0.3, -0.25) is 4.79 Å². The second-order valence-corrected chi connectivity index (χ2v) is 15.5. The lowest BCUT2D eigenvalue weighted by atomic mass is 9.68. The van der Waals surface area contributed by atoms with E-state index in [-0.39, 0.29) is 29.6 Å². The number of anilines is 1. The van der Waals surface area contributed by atoms with Crippen molar-refractivity contribution < 1.29 is 27.4 Å². The molecule has 0 unspecified atom stereocenters. The zero-order valence-corrected chi connectivity index (χ0v) is 27.3. The molecule has 4 aliphatic rings. The smallest absolute Gasteiger partial charge is 0.264 e. The zero-order valence-electron chi connectivity index (χ0n) is 25.8. The summed E-state index contributed by atoms with van der Waals surface area (Å²) in [6.45, 7) is 4.00. The molecule has 2 bridgehead atoms. The van der Waals surface area contributed by atoms with E-state index in [9.17, 15) is 13.2 Å². The number of aryl methyl sites for hydroxylation is 1. The van der Waals surface area contributed by atoms with Crippen molar-refractivity contribution in [2.75, 3.05) is 45.4 Å². The molecule has 6 atom stereocenters. The summed E-state index contributed by atoms with van der Waals surface area (Å²) in [7, 11) is -0.792. The topological polar surface area (TPSA) is 94.2 Å². The van der Waals surface area contributed by atoms with E-state index in [2.05, 4.69) is 33.9 Å². The molecular formula is C34H43ClN2O6S. The number of nitrogens with one attached hydrogen (secondary N) is 1. The van der Waals surface area contributed by atoms with Crippen molar-refractivity contribution in [2.45, 2.75) is 62.2 Å². The van der Waals surface area contributed by atoms with Crippen LogP contribution in [0.5, 0.6) is 5.75 Å². The first-order chi connectivity index (χ1) is 21.1. The first-order valence-electron chi connectivity index (χ1n) is 15.7. The lowest BCUT2D eigenvalue weighted by Gasteiger charge is -2.46. The van der Waals surface area contributed by atoms with Crippen LogP contribution in [0.3, 0.4) is 0 Å². The molecule has 2 aromatic rings. The predicted molar refractivity (Wildman–Crippen MR) is 172 cm³/mol. The Morgan fingerprint density at radius 1 is 1.14 bits per heavy atom. The number of allylic oxidation sites excluding steroid dienone is 1. The summed E-state index contributed by atoms with van der Waals surface area (Å²) in [6.07, 6.45) is 9.56. The van der Waals surface area contributed by atoms with Crippen LogP contribution in [0, 0.1) is 17.8 Å². The van der Waals surface area contributed by atoms with Crippen molar-refractivity contribution in [3.05, 3.63) is 70.3 Å². The molecule has 1 N–H and O–H groups in total. The first-order valence-corrected chi connectivity index (χ1v) is 17.6. The van der Waals surface area contributed by atoms with Crippen LogP contribution in [0.2, 0.25) is 5.02 Å². The Morgan fingerprint density at radius 3 is 2.73 bits per heavy atom. The third kappa shape index (κ3) is 6.13. The fourth-order valence-electron chi connectivity index (χ4n) is 7.72. The highest BCUT2D eigenvalue weighted by Gasteiger charge is 2.44. The van der Waals surface area contributed by atoms with Crippen molar-refractivity contribution >= 4 is 33.2 Å². The number of carbonyl (C=O) groups is 1. The van der Waals surface area contributed by atoms with Gasteiger partial charge in [0, 0.05) is 43.3 Å². The number of sulfonamides is 1. The van der Waals surface area contributed by atoms with Gasteiger partial charge in [-0.1, -0.05) is 36.7 Å². The Morgan fingerprint density at radius 2 is 1.98 bits per heavy atom. The molecule has 0 saturated heterocycles. The van der Waals surface area contributed by atoms with E-state index in [1.807, 2.05) is 19.1 Å². The van der Waals surface area contributed by atoms with Crippen molar-refractivity contribution in [2.24, 2.45) is 17.8 Å². The number of fused-ring (bicyclic) bond motifs is 4. The molecule has 2 aliphatic carbocycles. The van der Waals surface area contributed by atoms with E-state index < -0.39 is 21.2 Å². The largest absolute Gasteiger partial charge is 0.490 e. The molecule has 1 saturated carbocycles. The minimum absolute atomic E-state index is 0.0141. The van der Waals surface area contributed by atoms with Gasteiger partial charge in [0.05, 0.1) is 25.0 Å². The van der Waals surface area contributed by atoms with Crippen LogP contribution in [0.25, 0.3) is 0 Å². The summed E-state index contributed by atoms with van der Waals surface area (Å²) in [5.74, 6) is 0.722. The first kappa shape index (κ1) is 31.4. The third-order valence-electron chi connectivity index (χ3n) is 10.2. The minimum atomic E-state index is -4.02. The number of methoxy groups -OCH3 is 2. The summed E-state index contributed by atoms with van der Waals surface area (Å²) in [4.78, 5) is 15.9. The van der Waals surface area contributed by atoms with Gasteiger partial charge in [0.15, 0.2) is 0 Å². The van der Waals surface area contributed by atoms with Crippen molar-refractivity contribution in [3.8, 4) is 5.75 Å². The monoisotopic (exact) mass is 642 g/mol. The van der Waals surface area contributed by atoms with Crippen LogP contribution in [-0.2, 0) is 31.3 Å². The van der Waals surface area contributed by atoms with E-state index in [1.165, 1.54) is 18.2 Å². The van der Waals surface area contributed by atoms with E-state index >= 15 is 0 Å². The quantitative estimate of drug-likeness (QED) is 0.441. The molecule has 2 heterocycles. The Kier molecular flexibility index (Phi) is 9.03. The Balaban J connectivity index is 1.43. The molecule has 238 valence electrons. The van der Waals surface area contributed by atoms with Gasteiger partial charge in [0.25, 0.3) is 5.91 Å². The standard InChI is InChI=1S/C34H43ClN2O6S/c1-22-6-12-31(42-3)28-10-7-25(28)18-37-20-34(14-4-5-23-16-26(35)9-11-29(23)34)21-43-32-13-8-24(17-30(32)37)33(38)36-44(39,40)27(15-22)19-41-2/h6,8-9,11-13,16-17,22,25,27-28,31H,4-5,7,10,14-15,18-21H2,1-3H3,(H,36,38)/b12-6-/t22-,25+,27+,28-,31+,34+/m1/s1. The SMILES string of the molecule is COC[C@@H]1C[C@H](C)/C=C\[C@H](OC)[C@@H]2CC[C@H]2CN2C[C@@]3(CCCc4cc(Cl)ccc43)COc3ccc(cc32)C(=O)NS1(=O)=O. The van der Waals surface area contributed by atoms with Crippen LogP contribution < -0.4 is 14.4 Å². The number of hydrogen-bond donors (Lipinski definition) is 1. The second-order valence-electron chi connectivity index (χ2n) is 13.1. The highest BCUT2D eigenvalue weighted by Crippen LogP contribution is 2.47. The molecule has 0 aromatic heterocycles. The van der Waals surface area contributed by atoms with Crippen LogP contribution in [0.15, 0.2) is 48.6 Å². The minimum Gasteiger partial charge on any atom is -0.490 e. The molecular weight excluding hydrogens is 600 g/mol. The van der Waals surface area contributed by atoms with E-state index in [4.69, 9.17) is 25.8 Å². The van der Waals surface area contributed by atoms with Gasteiger partial charge >= 0.3 is 0 Å².